The minimum absolute atomic E-state index is 0. The average Bonchev–Trinajstić information content (AvgIpc) is 3.76. The molecule has 2 fully saturated rings. The molecule has 44 heavy (non-hydrogen) atoms. The van der Waals surface area contributed by atoms with Crippen LogP contribution in [-0.2, 0) is 30.7 Å². The van der Waals surface area contributed by atoms with E-state index in [-0.39, 0.29) is 24.8 Å². The summed E-state index contributed by atoms with van der Waals surface area (Å²) in [6, 6.07) is 27.3. The Labute approximate surface area is 295 Å². The van der Waals surface area contributed by atoms with Crippen LogP contribution >= 0.6 is 24.8 Å². The molecule has 234 valence electrons. The Morgan fingerprint density at radius 2 is 1.25 bits per heavy atom. The van der Waals surface area contributed by atoms with E-state index in [9.17, 15) is 0 Å². The Balaban J connectivity index is 0.000000243. The second-order valence-electron chi connectivity index (χ2n) is 11.7. The van der Waals surface area contributed by atoms with Crippen molar-refractivity contribution in [3.63, 3.8) is 0 Å². The van der Waals surface area contributed by atoms with Gasteiger partial charge in [0.05, 0.1) is 0 Å². The molecule has 0 heterocycles. The summed E-state index contributed by atoms with van der Waals surface area (Å²) in [4.78, 5) is 0. The summed E-state index contributed by atoms with van der Waals surface area (Å²) in [5.74, 6) is 1.57. The third-order valence-electron chi connectivity index (χ3n) is 8.64. The van der Waals surface area contributed by atoms with Crippen LogP contribution in [-0.4, -0.2) is 4.21 Å². The molecular formula is C41H48Cl2Zr-4. The van der Waals surface area contributed by atoms with Crippen LogP contribution in [0.2, 0.25) is 0 Å². The molecule has 0 amide bonds. The molecule has 0 spiro atoms. The maximum Gasteiger partial charge on any atom is -0.0240 e. The zero-order valence-electron chi connectivity index (χ0n) is 26.2. The number of rotatable bonds is 0. The fourth-order valence-corrected chi connectivity index (χ4v) is 6.44. The first kappa shape index (κ1) is 38.4. The molecule has 2 saturated carbocycles. The zero-order valence-corrected chi connectivity index (χ0v) is 30.3. The van der Waals surface area contributed by atoms with E-state index in [2.05, 4.69) is 96.9 Å². The first-order chi connectivity index (χ1) is 20.7. The van der Waals surface area contributed by atoms with E-state index in [0.29, 0.717) is 0 Å². The number of fused-ring (bicyclic) bond motifs is 8. The van der Waals surface area contributed by atoms with Gasteiger partial charge in [-0.25, -0.2) is 12.2 Å². The zero-order chi connectivity index (χ0) is 29.6. The van der Waals surface area contributed by atoms with Gasteiger partial charge in [-0.15, -0.1) is 71.8 Å². The van der Waals surface area contributed by atoms with Crippen LogP contribution in [0, 0.1) is 37.8 Å². The van der Waals surface area contributed by atoms with Crippen molar-refractivity contribution in [1.82, 2.24) is 0 Å². The third-order valence-corrected chi connectivity index (χ3v) is 8.64. The monoisotopic (exact) mass is 700 g/mol. The van der Waals surface area contributed by atoms with E-state index in [1.807, 2.05) is 18.2 Å². The van der Waals surface area contributed by atoms with Gasteiger partial charge in [0, 0.05) is 0 Å². The molecule has 0 atom stereocenters. The minimum Gasteiger partial charge on any atom is -0.147 e. The Kier molecular flexibility index (Phi) is 18.4. The van der Waals surface area contributed by atoms with E-state index < -0.39 is 0 Å². The van der Waals surface area contributed by atoms with Crippen LogP contribution in [0.5, 0.6) is 0 Å². The molecule has 0 bridgehead atoms. The van der Waals surface area contributed by atoms with Gasteiger partial charge in [0.15, 0.2) is 0 Å². The fourth-order valence-electron chi connectivity index (χ4n) is 6.44. The van der Waals surface area contributed by atoms with Gasteiger partial charge >= 0.3 is 28.4 Å². The number of allylic oxidation sites excluding steroid dienone is 4. The average molecular weight is 703 g/mol. The van der Waals surface area contributed by atoms with E-state index in [4.69, 9.17) is 0 Å². The van der Waals surface area contributed by atoms with Crippen LogP contribution < -0.4 is 0 Å². The Bertz CT molecular complexity index is 1430. The molecular weight excluding hydrogens is 655 g/mol. The van der Waals surface area contributed by atoms with Crippen molar-refractivity contribution in [2.75, 3.05) is 0 Å². The van der Waals surface area contributed by atoms with Gasteiger partial charge in [-0.3, -0.25) is 6.08 Å². The van der Waals surface area contributed by atoms with Gasteiger partial charge in [0.1, 0.15) is 0 Å². The normalized spacial score (nSPS) is 16.1. The van der Waals surface area contributed by atoms with Crippen LogP contribution in [0.15, 0.2) is 85.0 Å². The van der Waals surface area contributed by atoms with Gasteiger partial charge in [0.2, 0.25) is 0 Å². The summed E-state index contributed by atoms with van der Waals surface area (Å²) < 4.78 is 3.34. The molecule has 0 nitrogen and oxygen atoms in total. The molecule has 3 heteroatoms. The molecule has 4 aromatic rings. The van der Waals surface area contributed by atoms with Gasteiger partial charge in [-0.2, -0.15) is 17.9 Å². The van der Waals surface area contributed by atoms with Crippen LogP contribution in [0.4, 0.5) is 0 Å². The first-order valence-corrected chi connectivity index (χ1v) is 17.6. The molecule has 4 aromatic carbocycles. The van der Waals surface area contributed by atoms with Gasteiger partial charge < -0.3 is 13.8 Å². The SMILES string of the molecule is Cl.Cl.[C-]1=CC=CC1.[CH2-]C1CCCCC1.[CH2-]C1CCCCC1.[CH2]=[Zr].[c-]1cccc2c1c1c(c3ccccc32)-c2ccccc2C1. The summed E-state index contributed by atoms with van der Waals surface area (Å²) in [5.41, 5.74) is 5.67. The van der Waals surface area contributed by atoms with Gasteiger partial charge in [-0.05, 0) is 28.5 Å². The Morgan fingerprint density at radius 1 is 0.682 bits per heavy atom. The smallest absolute Gasteiger partial charge is 0.0240 e. The summed E-state index contributed by atoms with van der Waals surface area (Å²) in [7, 11) is 0. The van der Waals surface area contributed by atoms with E-state index in [1.165, 1.54) is 132 Å². The van der Waals surface area contributed by atoms with E-state index in [1.54, 1.807) is 0 Å². The minimum atomic E-state index is 0. The number of hydrogen-bond donors (Lipinski definition) is 0. The number of hydrogen-bond acceptors (Lipinski definition) is 0. The van der Waals surface area contributed by atoms with Crippen molar-refractivity contribution in [2.24, 2.45) is 11.8 Å². The second kappa shape index (κ2) is 21.1. The van der Waals surface area contributed by atoms with Crippen molar-refractivity contribution in [3.05, 3.63) is 122 Å². The van der Waals surface area contributed by atoms with Crippen molar-refractivity contribution in [2.45, 2.75) is 77.0 Å². The first-order valence-electron chi connectivity index (χ1n) is 15.9. The van der Waals surface area contributed by atoms with E-state index >= 15 is 0 Å². The molecule has 0 radical (unpaired) electrons. The molecule has 4 aliphatic rings. The predicted octanol–water partition coefficient (Wildman–Crippen LogP) is 12.3. The molecule has 4 aliphatic carbocycles. The Hall–Kier alpha value is -1.79. The van der Waals surface area contributed by atoms with Crippen molar-refractivity contribution in [1.29, 1.82) is 0 Å². The van der Waals surface area contributed by atoms with Crippen molar-refractivity contribution >= 4 is 50.6 Å². The maximum atomic E-state index is 4.00. The molecule has 0 aliphatic heterocycles. The van der Waals surface area contributed by atoms with Crippen molar-refractivity contribution < 1.29 is 24.2 Å². The van der Waals surface area contributed by atoms with Crippen LogP contribution in [0.1, 0.15) is 81.8 Å². The van der Waals surface area contributed by atoms with Crippen LogP contribution in [0.25, 0.3) is 32.7 Å². The second-order valence-corrected chi connectivity index (χ2v) is 11.7. The summed E-state index contributed by atoms with van der Waals surface area (Å²) in [6.07, 6.45) is 25.1. The molecule has 0 N–H and O–H groups in total. The standard InChI is InChI=1S/C21H13.2C7H13.C5H5.CH2.2ClH.Zr/c1-2-8-15-14(7-1)13-20-18-11-4-3-9-16(18)17-10-5-6-12-19(17)21(15)20;2*1-7-5-3-2-4-6-7;1-2-4-5-3-1;;;;/h1-10,12H,13H2;2*7H,1-6H2;1-3H,4H2;1H2;2*1H;/q4*-1;;;;. The molecule has 0 unspecified atom stereocenters. The fraction of sp³-hybridized carbons (Fsp3) is 0.341. The van der Waals surface area contributed by atoms with Crippen LogP contribution in [0.3, 0.4) is 0 Å². The molecule has 0 aromatic heterocycles. The number of benzene rings is 4. The summed E-state index contributed by atoms with van der Waals surface area (Å²) in [6.45, 7) is 8.00. The quantitative estimate of drug-likeness (QED) is 0.111. The molecule has 0 saturated heterocycles. The number of halogens is 2. The third kappa shape index (κ3) is 10.6. The summed E-state index contributed by atoms with van der Waals surface area (Å²) >= 11 is 1.30. The molecule has 8 rings (SSSR count). The van der Waals surface area contributed by atoms with Gasteiger partial charge in [-0.1, -0.05) is 118 Å². The largest absolute Gasteiger partial charge is 0.147 e. The van der Waals surface area contributed by atoms with E-state index in [0.717, 1.165) is 24.7 Å². The topological polar surface area (TPSA) is 0 Å². The van der Waals surface area contributed by atoms with Gasteiger partial charge in [0.25, 0.3) is 0 Å². The predicted molar refractivity (Wildman–Crippen MR) is 196 cm³/mol. The maximum absolute atomic E-state index is 4.00. The Morgan fingerprint density at radius 3 is 1.77 bits per heavy atom. The van der Waals surface area contributed by atoms with Crippen molar-refractivity contribution in [3.8, 4) is 11.1 Å². The summed E-state index contributed by atoms with van der Waals surface area (Å²) in [5, 5.41) is 5.30.